The largest absolute Gasteiger partial charge is 0.427 e. The van der Waals surface area contributed by atoms with Crippen molar-refractivity contribution in [2.24, 2.45) is 0 Å². The average molecular weight is 339 g/mol. The molecule has 1 atom stereocenters. The molecule has 6 nitrogen and oxygen atoms in total. The number of esters is 1. The molecular formula is C19H17NO5. The van der Waals surface area contributed by atoms with Crippen LogP contribution in [0.25, 0.3) is 0 Å². The van der Waals surface area contributed by atoms with Crippen molar-refractivity contribution in [3.63, 3.8) is 0 Å². The fourth-order valence-corrected chi connectivity index (χ4v) is 3.00. The van der Waals surface area contributed by atoms with Crippen molar-refractivity contribution >= 4 is 23.3 Å². The Morgan fingerprint density at radius 2 is 1.76 bits per heavy atom. The number of aliphatic hydroxyl groups is 1. The molecule has 0 saturated heterocycles. The first-order chi connectivity index (χ1) is 11.8. The maximum Gasteiger partial charge on any atom is 0.308 e. The minimum absolute atomic E-state index is 0.323. The summed E-state index contributed by atoms with van der Waals surface area (Å²) in [5.74, 6) is -1.04. The second-order valence-electron chi connectivity index (χ2n) is 5.96. The Kier molecular flexibility index (Phi) is 4.14. The van der Waals surface area contributed by atoms with Crippen molar-refractivity contribution in [1.82, 2.24) is 0 Å². The van der Waals surface area contributed by atoms with Crippen LogP contribution in [-0.4, -0.2) is 29.8 Å². The van der Waals surface area contributed by atoms with E-state index < -0.39 is 17.5 Å². The van der Waals surface area contributed by atoms with Gasteiger partial charge in [-0.2, -0.15) is 0 Å². The van der Waals surface area contributed by atoms with Crippen LogP contribution in [0.4, 0.5) is 5.69 Å². The van der Waals surface area contributed by atoms with Gasteiger partial charge < -0.3 is 14.7 Å². The standard InChI is InChI=1S/C19H17NO5/c1-12(21)25-14-9-7-13(8-10-14)17(22)11-19(24)15-5-3-4-6-16(15)20(2)18(19)23/h3-10,24H,11H2,1-2H3. The number of Topliss-reactive ketones (excluding diaryl/α,β-unsaturated/α-hetero) is 1. The van der Waals surface area contributed by atoms with Crippen LogP contribution in [0.1, 0.15) is 29.3 Å². The Balaban J connectivity index is 1.85. The molecule has 128 valence electrons. The number of hydrogen-bond acceptors (Lipinski definition) is 5. The molecule has 25 heavy (non-hydrogen) atoms. The van der Waals surface area contributed by atoms with Crippen molar-refractivity contribution in [3.8, 4) is 5.75 Å². The second kappa shape index (κ2) is 6.14. The molecule has 0 aromatic heterocycles. The number of carbonyl (C=O) groups excluding carboxylic acids is 3. The molecule has 0 aliphatic carbocycles. The summed E-state index contributed by atoms with van der Waals surface area (Å²) in [6.45, 7) is 1.29. The fourth-order valence-electron chi connectivity index (χ4n) is 3.00. The summed E-state index contributed by atoms with van der Waals surface area (Å²) in [5, 5.41) is 10.9. The number of fused-ring (bicyclic) bond motifs is 1. The first-order valence-corrected chi connectivity index (χ1v) is 7.74. The molecule has 1 heterocycles. The lowest BCUT2D eigenvalue weighted by molar-refractivity contribution is -0.135. The van der Waals surface area contributed by atoms with Crippen LogP contribution in [0.5, 0.6) is 5.75 Å². The van der Waals surface area contributed by atoms with Gasteiger partial charge in [-0.1, -0.05) is 18.2 Å². The summed E-state index contributed by atoms with van der Waals surface area (Å²) in [6.07, 6.45) is -0.361. The first kappa shape index (κ1) is 16.9. The Morgan fingerprint density at radius 1 is 1.12 bits per heavy atom. The number of ketones is 1. The maximum absolute atomic E-state index is 12.6. The molecule has 6 heteroatoms. The predicted octanol–water partition coefficient (Wildman–Crippen LogP) is 2.05. The Hall–Kier alpha value is -2.99. The molecule has 0 spiro atoms. The van der Waals surface area contributed by atoms with Gasteiger partial charge in [0, 0.05) is 25.1 Å². The number of para-hydroxylation sites is 1. The minimum Gasteiger partial charge on any atom is -0.427 e. The van der Waals surface area contributed by atoms with Crippen molar-refractivity contribution < 1.29 is 24.2 Å². The van der Waals surface area contributed by atoms with Crippen LogP contribution in [0.15, 0.2) is 48.5 Å². The third kappa shape index (κ3) is 2.92. The molecule has 0 bridgehead atoms. The summed E-state index contributed by atoms with van der Waals surface area (Å²) < 4.78 is 4.92. The topological polar surface area (TPSA) is 83.9 Å². The molecule has 0 fully saturated rings. The van der Waals surface area contributed by atoms with E-state index >= 15 is 0 Å². The van der Waals surface area contributed by atoms with Crippen LogP contribution in [0.2, 0.25) is 0 Å². The molecule has 2 aromatic rings. The summed E-state index contributed by atoms with van der Waals surface area (Å²) in [7, 11) is 1.57. The van der Waals surface area contributed by atoms with Gasteiger partial charge in [0.1, 0.15) is 5.75 Å². The van der Waals surface area contributed by atoms with E-state index in [2.05, 4.69) is 0 Å². The number of carbonyl (C=O) groups is 3. The van der Waals surface area contributed by atoms with Crippen LogP contribution < -0.4 is 9.64 Å². The number of benzene rings is 2. The van der Waals surface area contributed by atoms with Crippen molar-refractivity contribution in [1.29, 1.82) is 0 Å². The Morgan fingerprint density at radius 3 is 2.40 bits per heavy atom. The number of rotatable bonds is 4. The average Bonchev–Trinajstić information content (AvgIpc) is 2.77. The highest BCUT2D eigenvalue weighted by molar-refractivity contribution is 6.10. The lowest BCUT2D eigenvalue weighted by Gasteiger charge is -2.21. The maximum atomic E-state index is 12.6. The fraction of sp³-hybridized carbons (Fsp3) is 0.211. The molecule has 3 rings (SSSR count). The quantitative estimate of drug-likeness (QED) is 0.524. The summed E-state index contributed by atoms with van der Waals surface area (Å²) >= 11 is 0. The SMILES string of the molecule is CC(=O)Oc1ccc(C(=O)CC2(O)C(=O)N(C)c3ccccc32)cc1. The van der Waals surface area contributed by atoms with E-state index in [0.29, 0.717) is 22.6 Å². The molecule has 1 aliphatic heterocycles. The van der Waals surface area contributed by atoms with Gasteiger partial charge in [0.2, 0.25) is 0 Å². The summed E-state index contributed by atoms with van der Waals surface area (Å²) in [6, 6.07) is 12.8. The normalized spacial score (nSPS) is 18.8. The van der Waals surface area contributed by atoms with E-state index in [1.807, 2.05) is 0 Å². The monoisotopic (exact) mass is 339 g/mol. The van der Waals surface area contributed by atoms with Gasteiger partial charge >= 0.3 is 5.97 Å². The van der Waals surface area contributed by atoms with Crippen LogP contribution >= 0.6 is 0 Å². The predicted molar refractivity (Wildman–Crippen MR) is 90.4 cm³/mol. The molecule has 0 saturated carbocycles. The summed E-state index contributed by atoms with van der Waals surface area (Å²) in [4.78, 5) is 37.3. The Bertz CT molecular complexity index is 858. The van der Waals surface area contributed by atoms with Crippen LogP contribution in [-0.2, 0) is 15.2 Å². The van der Waals surface area contributed by atoms with Gasteiger partial charge in [0.15, 0.2) is 11.4 Å². The molecule has 0 radical (unpaired) electrons. The number of anilines is 1. The highest BCUT2D eigenvalue weighted by atomic mass is 16.5. The van der Waals surface area contributed by atoms with Gasteiger partial charge in [-0.05, 0) is 30.3 Å². The van der Waals surface area contributed by atoms with E-state index in [1.54, 1.807) is 31.3 Å². The van der Waals surface area contributed by atoms with Gasteiger partial charge in [-0.25, -0.2) is 0 Å². The second-order valence-corrected chi connectivity index (χ2v) is 5.96. The van der Waals surface area contributed by atoms with Gasteiger partial charge in [0.25, 0.3) is 5.91 Å². The molecule has 1 unspecified atom stereocenters. The first-order valence-electron chi connectivity index (χ1n) is 7.74. The van der Waals surface area contributed by atoms with E-state index in [4.69, 9.17) is 4.74 Å². The highest BCUT2D eigenvalue weighted by Crippen LogP contribution is 2.41. The zero-order chi connectivity index (χ0) is 18.2. The third-order valence-corrected chi connectivity index (χ3v) is 4.22. The van der Waals surface area contributed by atoms with Crippen molar-refractivity contribution in [2.45, 2.75) is 18.9 Å². The van der Waals surface area contributed by atoms with E-state index in [0.717, 1.165) is 0 Å². The number of likely N-dealkylation sites (N-methyl/N-ethyl adjacent to an activating group) is 1. The highest BCUT2D eigenvalue weighted by Gasteiger charge is 2.49. The number of nitrogens with zero attached hydrogens (tertiary/aromatic N) is 1. The van der Waals surface area contributed by atoms with Crippen molar-refractivity contribution in [2.75, 3.05) is 11.9 Å². The molecule has 1 aliphatic rings. The minimum atomic E-state index is -1.88. The van der Waals surface area contributed by atoms with Gasteiger partial charge in [0.05, 0.1) is 12.1 Å². The number of hydrogen-bond donors (Lipinski definition) is 1. The molecule has 1 amide bonds. The smallest absolute Gasteiger partial charge is 0.308 e. The van der Waals surface area contributed by atoms with E-state index in [9.17, 15) is 19.5 Å². The number of amides is 1. The lowest BCUT2D eigenvalue weighted by atomic mass is 9.88. The van der Waals surface area contributed by atoms with Crippen LogP contribution in [0, 0.1) is 0 Å². The zero-order valence-corrected chi connectivity index (χ0v) is 13.9. The van der Waals surface area contributed by atoms with Crippen molar-refractivity contribution in [3.05, 3.63) is 59.7 Å². The van der Waals surface area contributed by atoms with E-state index in [-0.39, 0.29) is 12.2 Å². The van der Waals surface area contributed by atoms with Crippen LogP contribution in [0.3, 0.4) is 0 Å². The molecular weight excluding hydrogens is 322 g/mol. The molecule has 1 N–H and O–H groups in total. The zero-order valence-electron chi connectivity index (χ0n) is 13.9. The van der Waals surface area contributed by atoms with Gasteiger partial charge in [-0.3, -0.25) is 14.4 Å². The van der Waals surface area contributed by atoms with Gasteiger partial charge in [-0.15, -0.1) is 0 Å². The van der Waals surface area contributed by atoms with E-state index in [1.165, 1.54) is 36.1 Å². The molecule has 2 aromatic carbocycles. The summed E-state index contributed by atoms with van der Waals surface area (Å²) in [5.41, 5.74) is -0.540. The Labute approximate surface area is 144 Å². The third-order valence-electron chi connectivity index (χ3n) is 4.22. The lowest BCUT2D eigenvalue weighted by Crippen LogP contribution is -2.40. The number of ether oxygens (including phenoxy) is 1.